The molecule has 0 saturated heterocycles. The Hall–Kier alpha value is -2.40. The van der Waals surface area contributed by atoms with Gasteiger partial charge in [-0.1, -0.05) is 35.9 Å². The van der Waals surface area contributed by atoms with Crippen LogP contribution in [0.3, 0.4) is 0 Å². The lowest BCUT2D eigenvalue weighted by atomic mass is 9.77. The second kappa shape index (κ2) is 5.60. The van der Waals surface area contributed by atoms with Crippen LogP contribution >= 0.6 is 11.6 Å². The van der Waals surface area contributed by atoms with Crippen LogP contribution in [0.4, 0.5) is 15.8 Å². The van der Waals surface area contributed by atoms with Gasteiger partial charge >= 0.3 is 0 Å². The zero-order valence-electron chi connectivity index (χ0n) is 12.6. The molecule has 2 aliphatic rings. The van der Waals surface area contributed by atoms with Crippen LogP contribution in [0.5, 0.6) is 0 Å². The highest BCUT2D eigenvalue weighted by molar-refractivity contribution is 6.33. The second-order valence-electron chi connectivity index (χ2n) is 6.18. The lowest BCUT2D eigenvalue weighted by Gasteiger charge is -2.37. The zero-order chi connectivity index (χ0) is 16.8. The van der Waals surface area contributed by atoms with E-state index in [9.17, 15) is 14.5 Å². The maximum absolute atomic E-state index is 13.2. The Morgan fingerprint density at radius 1 is 1.25 bits per heavy atom. The van der Waals surface area contributed by atoms with Crippen LogP contribution in [0.2, 0.25) is 5.02 Å². The number of allylic oxidation sites excluding steroid dienone is 2. The van der Waals surface area contributed by atoms with Gasteiger partial charge in [0.05, 0.1) is 21.7 Å². The Balaban J connectivity index is 1.82. The summed E-state index contributed by atoms with van der Waals surface area (Å²) in [6.45, 7) is 0. The van der Waals surface area contributed by atoms with Crippen LogP contribution in [0.15, 0.2) is 48.6 Å². The van der Waals surface area contributed by atoms with E-state index in [-0.39, 0.29) is 29.4 Å². The van der Waals surface area contributed by atoms with E-state index in [0.717, 1.165) is 23.2 Å². The fourth-order valence-corrected chi connectivity index (χ4v) is 4.02. The van der Waals surface area contributed by atoms with Crippen LogP contribution < -0.4 is 5.32 Å². The number of benzene rings is 2. The topological polar surface area (TPSA) is 55.2 Å². The van der Waals surface area contributed by atoms with Gasteiger partial charge in [-0.05, 0) is 35.6 Å². The minimum absolute atomic E-state index is 0.000155. The summed E-state index contributed by atoms with van der Waals surface area (Å²) in [6.07, 6.45) is 5.04. The number of halogens is 2. The number of nitrogens with one attached hydrogen (secondary N) is 1. The molecule has 1 N–H and O–H groups in total. The molecule has 1 aliphatic carbocycles. The predicted octanol–water partition coefficient (Wildman–Crippen LogP) is 5.21. The summed E-state index contributed by atoms with van der Waals surface area (Å²) in [5, 5.41) is 14.9. The molecule has 1 heterocycles. The van der Waals surface area contributed by atoms with E-state index in [4.69, 9.17) is 11.6 Å². The molecule has 0 fully saturated rings. The normalized spacial score (nSPS) is 24.2. The van der Waals surface area contributed by atoms with Gasteiger partial charge in [-0.25, -0.2) is 4.39 Å². The Morgan fingerprint density at radius 2 is 2.00 bits per heavy atom. The zero-order valence-corrected chi connectivity index (χ0v) is 13.3. The number of hydrogen-bond acceptors (Lipinski definition) is 3. The van der Waals surface area contributed by atoms with Crippen LogP contribution in [-0.2, 0) is 0 Å². The first-order valence-corrected chi connectivity index (χ1v) is 8.09. The molecule has 4 rings (SSSR count). The average Bonchev–Trinajstić information content (AvgIpc) is 3.05. The minimum atomic E-state index is -0.425. The summed E-state index contributed by atoms with van der Waals surface area (Å²) >= 11 is 6.31. The van der Waals surface area contributed by atoms with Gasteiger partial charge in [-0.3, -0.25) is 10.1 Å². The molecule has 1 aliphatic heterocycles. The molecule has 0 spiro atoms. The number of anilines is 1. The SMILES string of the molecule is O=[N+]([O-])c1cc(Cl)c2c(c1)[C@@H]1C=CC[C@@H]1[C@H](c1ccc(F)cc1)N2. The Labute approximate surface area is 143 Å². The number of hydrogen-bond donors (Lipinski definition) is 1. The van der Waals surface area contributed by atoms with Gasteiger partial charge in [-0.2, -0.15) is 0 Å². The van der Waals surface area contributed by atoms with E-state index in [1.807, 2.05) is 0 Å². The third-order valence-corrected chi connectivity index (χ3v) is 5.14. The molecule has 2 aromatic carbocycles. The summed E-state index contributed by atoms with van der Waals surface area (Å²) < 4.78 is 13.2. The van der Waals surface area contributed by atoms with Crippen molar-refractivity contribution in [3.63, 3.8) is 0 Å². The molecule has 0 amide bonds. The van der Waals surface area contributed by atoms with E-state index in [0.29, 0.717) is 5.02 Å². The van der Waals surface area contributed by atoms with Crippen molar-refractivity contribution in [3.05, 3.63) is 80.6 Å². The first kappa shape index (κ1) is 15.1. The quantitative estimate of drug-likeness (QED) is 0.462. The lowest BCUT2D eigenvalue weighted by molar-refractivity contribution is -0.384. The molecule has 0 saturated carbocycles. The summed E-state index contributed by atoms with van der Waals surface area (Å²) in [5.74, 6) is 0.0134. The third-order valence-electron chi connectivity index (χ3n) is 4.85. The van der Waals surface area contributed by atoms with Crippen molar-refractivity contribution < 1.29 is 9.31 Å². The fraction of sp³-hybridized carbons (Fsp3) is 0.222. The highest BCUT2D eigenvalue weighted by Gasteiger charge is 2.39. The van der Waals surface area contributed by atoms with Gasteiger partial charge in [0.15, 0.2) is 0 Å². The van der Waals surface area contributed by atoms with E-state index in [1.165, 1.54) is 18.2 Å². The maximum atomic E-state index is 13.2. The molecule has 4 nitrogen and oxygen atoms in total. The monoisotopic (exact) mass is 344 g/mol. The third kappa shape index (κ3) is 2.36. The van der Waals surface area contributed by atoms with Gasteiger partial charge in [0.2, 0.25) is 0 Å². The predicted molar refractivity (Wildman–Crippen MR) is 90.9 cm³/mol. The molecule has 0 radical (unpaired) electrons. The van der Waals surface area contributed by atoms with Crippen molar-refractivity contribution in [2.45, 2.75) is 18.4 Å². The number of rotatable bonds is 2. The van der Waals surface area contributed by atoms with E-state index < -0.39 is 4.92 Å². The Bertz CT molecular complexity index is 851. The van der Waals surface area contributed by atoms with Crippen LogP contribution in [0.25, 0.3) is 0 Å². The first-order chi connectivity index (χ1) is 11.5. The smallest absolute Gasteiger partial charge is 0.271 e. The first-order valence-electron chi connectivity index (χ1n) is 7.71. The van der Waals surface area contributed by atoms with Crippen molar-refractivity contribution >= 4 is 23.0 Å². The summed E-state index contributed by atoms with van der Waals surface area (Å²) in [6, 6.07) is 9.38. The van der Waals surface area contributed by atoms with Gasteiger partial charge in [0, 0.05) is 18.1 Å². The second-order valence-corrected chi connectivity index (χ2v) is 6.58. The van der Waals surface area contributed by atoms with Gasteiger partial charge in [0.25, 0.3) is 5.69 Å². The number of fused-ring (bicyclic) bond motifs is 3. The van der Waals surface area contributed by atoms with Crippen molar-refractivity contribution in [1.82, 2.24) is 0 Å². The lowest BCUT2D eigenvalue weighted by Crippen LogP contribution is -2.29. The van der Waals surface area contributed by atoms with Crippen LogP contribution in [0, 0.1) is 21.8 Å². The molecule has 2 aromatic rings. The number of non-ortho nitro benzene ring substituents is 1. The molecular formula is C18H14ClFN2O2. The van der Waals surface area contributed by atoms with Crippen LogP contribution in [-0.4, -0.2) is 4.92 Å². The largest absolute Gasteiger partial charge is 0.376 e. The highest BCUT2D eigenvalue weighted by Crippen LogP contribution is 2.52. The molecule has 0 bridgehead atoms. The van der Waals surface area contributed by atoms with Gasteiger partial charge in [0.1, 0.15) is 5.82 Å². The van der Waals surface area contributed by atoms with E-state index in [1.54, 1.807) is 18.2 Å². The number of nitro groups is 1. The van der Waals surface area contributed by atoms with E-state index in [2.05, 4.69) is 17.5 Å². The summed E-state index contributed by atoms with van der Waals surface area (Å²) in [7, 11) is 0. The van der Waals surface area contributed by atoms with Gasteiger partial charge < -0.3 is 5.32 Å². The molecule has 3 atom stereocenters. The molecule has 6 heteroatoms. The summed E-state index contributed by atoms with van der Waals surface area (Å²) in [5.41, 5.74) is 2.56. The Morgan fingerprint density at radius 3 is 2.71 bits per heavy atom. The standard InChI is InChI=1S/C18H14ClFN2O2/c19-16-9-12(22(23)24)8-15-13-2-1-3-14(13)17(21-18(15)16)10-4-6-11(20)7-5-10/h1-2,4-9,13-14,17,21H,3H2/t13-,14+,17+/m1/s1. The molecule has 0 unspecified atom stereocenters. The molecule has 24 heavy (non-hydrogen) atoms. The van der Waals surface area contributed by atoms with Crippen molar-refractivity contribution in [2.24, 2.45) is 5.92 Å². The Kier molecular flexibility index (Phi) is 3.53. The van der Waals surface area contributed by atoms with E-state index >= 15 is 0 Å². The fourth-order valence-electron chi connectivity index (χ4n) is 3.75. The number of nitrogens with zero attached hydrogens (tertiary/aromatic N) is 1. The van der Waals surface area contributed by atoms with Crippen molar-refractivity contribution in [3.8, 4) is 0 Å². The van der Waals surface area contributed by atoms with Crippen LogP contribution in [0.1, 0.15) is 29.5 Å². The van der Waals surface area contributed by atoms with Gasteiger partial charge in [-0.15, -0.1) is 0 Å². The minimum Gasteiger partial charge on any atom is -0.376 e. The molecular weight excluding hydrogens is 331 g/mol. The van der Waals surface area contributed by atoms with Crippen molar-refractivity contribution in [1.29, 1.82) is 0 Å². The summed E-state index contributed by atoms with van der Waals surface area (Å²) in [4.78, 5) is 10.7. The average molecular weight is 345 g/mol. The van der Waals surface area contributed by atoms with Crippen molar-refractivity contribution in [2.75, 3.05) is 5.32 Å². The highest BCUT2D eigenvalue weighted by atomic mass is 35.5. The maximum Gasteiger partial charge on any atom is 0.271 e. The number of nitro benzene ring substituents is 1. The molecule has 0 aromatic heterocycles. The molecule has 122 valence electrons.